The second kappa shape index (κ2) is 7.26. The van der Waals surface area contributed by atoms with E-state index in [1.165, 1.54) is 0 Å². The number of sulfone groups is 1. The summed E-state index contributed by atoms with van der Waals surface area (Å²) in [6.07, 6.45) is 0.654. The predicted molar refractivity (Wildman–Crippen MR) is 97.7 cm³/mol. The monoisotopic (exact) mass is 380 g/mol. The van der Waals surface area contributed by atoms with Crippen molar-refractivity contribution in [1.82, 2.24) is 4.90 Å². The minimum Gasteiger partial charge on any atom is -0.491 e. The largest absolute Gasteiger partial charge is 0.491 e. The van der Waals surface area contributed by atoms with Gasteiger partial charge in [0, 0.05) is 24.7 Å². The molecule has 142 valence electrons. The summed E-state index contributed by atoms with van der Waals surface area (Å²) in [4.78, 5) is 26.3. The average Bonchev–Trinajstić information content (AvgIpc) is 3.11. The lowest BCUT2D eigenvalue weighted by molar-refractivity contribution is -0.129. The van der Waals surface area contributed by atoms with E-state index in [4.69, 9.17) is 4.74 Å². The maximum Gasteiger partial charge on any atom is 0.229 e. The van der Waals surface area contributed by atoms with Crippen LogP contribution in [0.5, 0.6) is 5.75 Å². The molecule has 0 radical (unpaired) electrons. The highest BCUT2D eigenvalue weighted by atomic mass is 32.2. The molecular weight excluding hydrogens is 356 g/mol. The molecule has 0 bridgehead atoms. The number of hydrogen-bond donors (Lipinski definition) is 1. The molecule has 3 rings (SSSR count). The predicted octanol–water partition coefficient (Wildman–Crippen LogP) is 1.45. The summed E-state index contributed by atoms with van der Waals surface area (Å²) in [6.45, 7) is 4.15. The number of likely N-dealkylation sites (tertiary alicyclic amines) is 1. The van der Waals surface area contributed by atoms with Crippen LogP contribution in [-0.2, 0) is 19.4 Å². The van der Waals surface area contributed by atoms with Crippen LogP contribution in [0.3, 0.4) is 0 Å². The molecule has 0 aromatic heterocycles. The number of amides is 2. The molecule has 0 saturated carbocycles. The minimum atomic E-state index is -3.06. The summed E-state index contributed by atoms with van der Waals surface area (Å²) >= 11 is 0. The van der Waals surface area contributed by atoms with Crippen molar-refractivity contribution < 1.29 is 22.7 Å². The van der Waals surface area contributed by atoms with Crippen LogP contribution in [-0.4, -0.2) is 55.3 Å². The van der Waals surface area contributed by atoms with Gasteiger partial charge in [0.2, 0.25) is 11.8 Å². The Kier molecular flexibility index (Phi) is 5.22. The zero-order valence-corrected chi connectivity index (χ0v) is 15.8. The Morgan fingerprint density at radius 3 is 2.54 bits per heavy atom. The summed E-state index contributed by atoms with van der Waals surface area (Å²) < 4.78 is 28.8. The van der Waals surface area contributed by atoms with Crippen LogP contribution in [0.15, 0.2) is 24.3 Å². The first-order chi connectivity index (χ1) is 12.2. The Hall–Kier alpha value is -2.09. The van der Waals surface area contributed by atoms with Crippen LogP contribution in [0, 0.1) is 5.92 Å². The van der Waals surface area contributed by atoms with Crippen molar-refractivity contribution >= 4 is 27.3 Å². The molecule has 2 aliphatic heterocycles. The maximum atomic E-state index is 12.5. The first-order valence-electron chi connectivity index (χ1n) is 8.81. The summed E-state index contributed by atoms with van der Waals surface area (Å²) in [6, 6.07) is 6.79. The second-order valence-electron chi connectivity index (χ2n) is 7.18. The molecule has 1 aromatic carbocycles. The quantitative estimate of drug-likeness (QED) is 0.835. The average molecular weight is 380 g/mol. The first kappa shape index (κ1) is 18.7. The fourth-order valence-electron chi connectivity index (χ4n) is 3.41. The van der Waals surface area contributed by atoms with Crippen LogP contribution >= 0.6 is 0 Å². The van der Waals surface area contributed by atoms with Gasteiger partial charge in [-0.05, 0) is 44.5 Å². The smallest absolute Gasteiger partial charge is 0.229 e. The number of hydrogen-bond acceptors (Lipinski definition) is 5. The van der Waals surface area contributed by atoms with Crippen molar-refractivity contribution in [2.75, 3.05) is 23.4 Å². The molecule has 2 saturated heterocycles. The normalized spacial score (nSPS) is 24.9. The van der Waals surface area contributed by atoms with Crippen molar-refractivity contribution in [2.45, 2.75) is 38.8 Å². The van der Waals surface area contributed by atoms with E-state index >= 15 is 0 Å². The van der Waals surface area contributed by atoms with Gasteiger partial charge in [0.05, 0.1) is 23.5 Å². The van der Waals surface area contributed by atoms with Gasteiger partial charge in [0.15, 0.2) is 9.84 Å². The summed E-state index contributed by atoms with van der Waals surface area (Å²) in [5, 5.41) is 2.82. The molecule has 2 aliphatic rings. The molecule has 26 heavy (non-hydrogen) atoms. The van der Waals surface area contributed by atoms with Crippen molar-refractivity contribution in [2.24, 2.45) is 5.92 Å². The van der Waals surface area contributed by atoms with Gasteiger partial charge in [-0.15, -0.1) is 0 Å². The Labute approximate surface area is 153 Å². The Morgan fingerprint density at radius 2 is 1.96 bits per heavy atom. The van der Waals surface area contributed by atoms with Gasteiger partial charge >= 0.3 is 0 Å². The van der Waals surface area contributed by atoms with E-state index in [0.717, 1.165) is 5.75 Å². The van der Waals surface area contributed by atoms with Crippen molar-refractivity contribution in [3.8, 4) is 5.75 Å². The van der Waals surface area contributed by atoms with Crippen LogP contribution in [0.25, 0.3) is 0 Å². The van der Waals surface area contributed by atoms with Crippen molar-refractivity contribution in [3.05, 3.63) is 24.3 Å². The number of carbonyl (C=O) groups is 2. The highest BCUT2D eigenvalue weighted by Gasteiger charge is 2.41. The fourth-order valence-corrected chi connectivity index (χ4v) is 5.15. The summed E-state index contributed by atoms with van der Waals surface area (Å²) in [7, 11) is -3.06. The molecule has 0 spiro atoms. The molecule has 2 heterocycles. The molecule has 2 unspecified atom stereocenters. The SMILES string of the molecule is CC(C)Oc1ccc(NC(=O)C2CC(=O)N(C3CCS(=O)(=O)C3)C2)cc1. The molecule has 8 heteroatoms. The Morgan fingerprint density at radius 1 is 1.27 bits per heavy atom. The number of carbonyl (C=O) groups excluding carboxylic acids is 2. The maximum absolute atomic E-state index is 12.5. The standard InChI is InChI=1S/C18H24N2O5S/c1-12(2)25-16-5-3-14(4-6-16)19-18(22)13-9-17(21)20(10-13)15-7-8-26(23,24)11-15/h3-6,12-13,15H,7-11H2,1-2H3,(H,19,22). The van der Waals surface area contributed by atoms with E-state index < -0.39 is 15.8 Å². The number of anilines is 1. The van der Waals surface area contributed by atoms with Crippen LogP contribution in [0.4, 0.5) is 5.69 Å². The van der Waals surface area contributed by atoms with Gasteiger partial charge in [0.25, 0.3) is 0 Å². The molecule has 2 atom stereocenters. The van der Waals surface area contributed by atoms with Crippen molar-refractivity contribution in [3.63, 3.8) is 0 Å². The molecule has 2 fully saturated rings. The first-order valence-corrected chi connectivity index (χ1v) is 10.6. The van der Waals surface area contributed by atoms with Crippen LogP contribution in [0.2, 0.25) is 0 Å². The fraction of sp³-hybridized carbons (Fsp3) is 0.556. The van der Waals surface area contributed by atoms with Gasteiger partial charge in [-0.1, -0.05) is 0 Å². The van der Waals surface area contributed by atoms with Gasteiger partial charge in [0.1, 0.15) is 5.75 Å². The second-order valence-corrected chi connectivity index (χ2v) is 9.41. The molecule has 0 aliphatic carbocycles. The van der Waals surface area contributed by atoms with E-state index in [1.807, 2.05) is 13.8 Å². The van der Waals surface area contributed by atoms with Crippen LogP contribution < -0.4 is 10.1 Å². The number of benzene rings is 1. The van der Waals surface area contributed by atoms with E-state index in [9.17, 15) is 18.0 Å². The topological polar surface area (TPSA) is 92.8 Å². The highest BCUT2D eigenvalue weighted by Crippen LogP contribution is 2.27. The third kappa shape index (κ3) is 4.35. The summed E-state index contributed by atoms with van der Waals surface area (Å²) in [5.41, 5.74) is 0.639. The van der Waals surface area contributed by atoms with Crippen LogP contribution in [0.1, 0.15) is 26.7 Å². The molecular formula is C18H24N2O5S. The Bertz CT molecular complexity index is 788. The lowest BCUT2D eigenvalue weighted by Gasteiger charge is -2.22. The Balaban J connectivity index is 1.58. The number of rotatable bonds is 5. The molecule has 1 aromatic rings. The van der Waals surface area contributed by atoms with E-state index in [-0.39, 0.29) is 48.4 Å². The third-order valence-corrected chi connectivity index (χ3v) is 6.42. The summed E-state index contributed by atoms with van der Waals surface area (Å²) in [5.74, 6) is 0.0141. The van der Waals surface area contributed by atoms with Gasteiger partial charge in [-0.25, -0.2) is 8.42 Å². The lowest BCUT2D eigenvalue weighted by atomic mass is 10.1. The highest BCUT2D eigenvalue weighted by molar-refractivity contribution is 7.91. The number of nitrogens with one attached hydrogen (secondary N) is 1. The van der Waals surface area contributed by atoms with E-state index in [0.29, 0.717) is 12.1 Å². The van der Waals surface area contributed by atoms with Gasteiger partial charge in [-0.3, -0.25) is 9.59 Å². The molecule has 2 amide bonds. The van der Waals surface area contributed by atoms with Gasteiger partial charge in [-0.2, -0.15) is 0 Å². The van der Waals surface area contributed by atoms with E-state index in [1.54, 1.807) is 29.2 Å². The van der Waals surface area contributed by atoms with E-state index in [2.05, 4.69) is 5.32 Å². The number of ether oxygens (including phenoxy) is 1. The minimum absolute atomic E-state index is 0.00436. The zero-order chi connectivity index (χ0) is 18.9. The molecule has 7 nitrogen and oxygen atoms in total. The number of nitrogens with zero attached hydrogens (tertiary/aromatic N) is 1. The molecule has 1 N–H and O–H groups in total. The lowest BCUT2D eigenvalue weighted by Crippen LogP contribution is -2.38. The van der Waals surface area contributed by atoms with Gasteiger partial charge < -0.3 is 15.0 Å². The van der Waals surface area contributed by atoms with Crippen molar-refractivity contribution in [1.29, 1.82) is 0 Å². The zero-order valence-electron chi connectivity index (χ0n) is 15.0. The third-order valence-electron chi connectivity index (χ3n) is 4.67.